The summed E-state index contributed by atoms with van der Waals surface area (Å²) in [5, 5.41) is 16.1. The van der Waals surface area contributed by atoms with E-state index in [2.05, 4.69) is 10.1 Å². The Morgan fingerprint density at radius 1 is 0.907 bits per heavy atom. The van der Waals surface area contributed by atoms with Gasteiger partial charge in [0.2, 0.25) is 5.91 Å². The molecule has 0 aliphatic heterocycles. The Morgan fingerprint density at radius 2 is 1.61 bits per heavy atom. The molecule has 0 saturated carbocycles. The number of nitrogens with two attached hydrogens (primary N) is 1. The van der Waals surface area contributed by atoms with Gasteiger partial charge in [-0.1, -0.05) is 70.9 Å². The highest BCUT2D eigenvalue weighted by molar-refractivity contribution is 7.89. The molecule has 4 aromatic carbocycles. The van der Waals surface area contributed by atoms with Gasteiger partial charge in [0.15, 0.2) is 5.76 Å². The van der Waals surface area contributed by atoms with Crippen molar-refractivity contribution >= 4 is 44.3 Å². The Kier molecular flexibility index (Phi) is 10.4. The summed E-state index contributed by atoms with van der Waals surface area (Å²) >= 11 is 0. The van der Waals surface area contributed by atoms with Crippen molar-refractivity contribution < 1.29 is 32.2 Å². The predicted molar refractivity (Wildman–Crippen MR) is 200 cm³/mol. The molecule has 2 atom stereocenters. The lowest BCUT2D eigenvalue weighted by Crippen LogP contribution is -2.58. The first-order chi connectivity index (χ1) is 25.7. The van der Waals surface area contributed by atoms with Gasteiger partial charge in [-0.25, -0.2) is 12.7 Å². The number of H-pyrrole nitrogens is 1. The van der Waals surface area contributed by atoms with E-state index in [-0.39, 0.29) is 18.4 Å². The number of likely N-dealkylation sites (N-methyl/N-ethyl adjacent to an activating group) is 1. The average Bonchev–Trinajstić information content (AvgIpc) is 3.84. The smallest absolute Gasteiger partial charge is 0.270 e. The lowest BCUT2D eigenvalue weighted by atomic mass is 9.99. The zero-order valence-electron chi connectivity index (χ0n) is 29.5. The summed E-state index contributed by atoms with van der Waals surface area (Å²) in [6, 6.07) is 21.6. The summed E-state index contributed by atoms with van der Waals surface area (Å²) in [6.45, 7) is 3.63. The largest absolute Gasteiger partial charge is 0.368 e. The molecule has 14 nitrogen and oxygen atoms in total. The summed E-state index contributed by atoms with van der Waals surface area (Å²) in [6.07, 6.45) is 2.55. The number of rotatable bonds is 13. The molecule has 276 valence electrons. The van der Waals surface area contributed by atoms with Crippen molar-refractivity contribution in [1.82, 2.24) is 19.3 Å². The molecule has 0 aliphatic carbocycles. The van der Waals surface area contributed by atoms with E-state index in [1.54, 1.807) is 72.9 Å². The lowest BCUT2D eigenvalue weighted by molar-refractivity contribution is -0.385. The molecule has 0 aliphatic rings. The fourth-order valence-electron chi connectivity index (χ4n) is 6.49. The second-order valence-corrected chi connectivity index (χ2v) is 14.8. The van der Waals surface area contributed by atoms with Gasteiger partial charge < -0.3 is 20.1 Å². The van der Waals surface area contributed by atoms with Crippen LogP contribution in [0.15, 0.2) is 119 Å². The van der Waals surface area contributed by atoms with Gasteiger partial charge in [-0.15, -0.1) is 0 Å². The van der Waals surface area contributed by atoms with Crippen molar-refractivity contribution in [2.24, 2.45) is 5.73 Å². The van der Waals surface area contributed by atoms with Crippen LogP contribution in [0.5, 0.6) is 0 Å². The van der Waals surface area contributed by atoms with E-state index in [0.717, 1.165) is 40.3 Å². The van der Waals surface area contributed by atoms with E-state index in [0.29, 0.717) is 37.7 Å². The molecule has 3 amide bonds. The number of non-ortho nitro benzene ring substituents is 1. The minimum Gasteiger partial charge on any atom is -0.368 e. The Labute approximate surface area is 310 Å². The number of sulfonamides is 1. The number of primary amides is 1. The van der Waals surface area contributed by atoms with Crippen LogP contribution in [-0.4, -0.2) is 69.5 Å². The van der Waals surface area contributed by atoms with Gasteiger partial charge in [0.05, 0.1) is 16.0 Å². The summed E-state index contributed by atoms with van der Waals surface area (Å²) in [5.74, 6) is -2.39. The van der Waals surface area contributed by atoms with Crippen molar-refractivity contribution in [3.05, 3.63) is 147 Å². The van der Waals surface area contributed by atoms with Crippen molar-refractivity contribution in [2.45, 2.75) is 43.7 Å². The minimum atomic E-state index is -5.06. The van der Waals surface area contributed by atoms with Crippen molar-refractivity contribution in [2.75, 3.05) is 7.05 Å². The topological polar surface area (TPSA) is 203 Å². The Morgan fingerprint density at radius 3 is 2.26 bits per heavy atom. The maximum absolute atomic E-state index is 15.2. The molecule has 0 saturated heterocycles. The Balaban J connectivity index is 1.50. The number of benzene rings is 4. The Hall–Kier alpha value is -6.61. The van der Waals surface area contributed by atoms with Gasteiger partial charge in [-0.3, -0.25) is 24.5 Å². The van der Waals surface area contributed by atoms with Crippen LogP contribution in [0, 0.1) is 24.0 Å². The monoisotopic (exact) mass is 748 g/mol. The van der Waals surface area contributed by atoms with E-state index >= 15 is 4.79 Å². The summed E-state index contributed by atoms with van der Waals surface area (Å²) in [5.41, 5.74) is 9.64. The number of para-hydroxylation sites is 1. The second-order valence-electron chi connectivity index (χ2n) is 13.0. The number of nitro benzene ring substituents is 1. The highest BCUT2D eigenvalue weighted by atomic mass is 32.2. The number of amides is 3. The number of carbonyl (C=O) groups is 3. The Bertz CT molecular complexity index is 2460. The van der Waals surface area contributed by atoms with Gasteiger partial charge in [0.25, 0.3) is 27.5 Å². The molecule has 15 heteroatoms. The van der Waals surface area contributed by atoms with Crippen LogP contribution < -0.4 is 5.73 Å². The van der Waals surface area contributed by atoms with E-state index < -0.39 is 55.3 Å². The first-order valence-corrected chi connectivity index (χ1v) is 18.2. The van der Waals surface area contributed by atoms with Gasteiger partial charge in [0.1, 0.15) is 12.1 Å². The number of fused-ring (bicyclic) bond motifs is 1. The molecule has 2 heterocycles. The normalized spacial score (nSPS) is 12.6. The van der Waals surface area contributed by atoms with Crippen molar-refractivity contribution in [3.8, 4) is 11.3 Å². The number of carbonyl (C=O) groups excluding carboxylic acids is 3. The van der Waals surface area contributed by atoms with E-state index in [1.807, 2.05) is 19.9 Å². The van der Waals surface area contributed by atoms with Gasteiger partial charge in [-0.2, -0.15) is 0 Å². The highest BCUT2D eigenvalue weighted by Crippen LogP contribution is 2.29. The molecule has 2 aromatic heterocycles. The third kappa shape index (κ3) is 7.61. The standard InChI is InChI=1S/C39H36N6O8S/c1-24-17-25(2)19-28(18-24)38(47)43(3)35(20-26-11-13-27(14-12-26)36-15-16-42-53-36)39(48)44(54(51,52)31-8-6-7-30(22-31)45(49)50)34(37(40)46)21-29-23-41-33-10-5-4-9-32(29)33/h4-19,22-23,34-35,41H,20-21H2,1-3H3,(H2,40,46)/t34-,35-/m0/s1. The van der Waals surface area contributed by atoms with Crippen molar-refractivity contribution in [3.63, 3.8) is 0 Å². The molecule has 0 fully saturated rings. The van der Waals surface area contributed by atoms with Crippen LogP contribution in [0.1, 0.15) is 32.6 Å². The zero-order chi connectivity index (χ0) is 38.7. The number of nitrogens with zero attached hydrogens (tertiary/aromatic N) is 4. The fourth-order valence-corrected chi connectivity index (χ4v) is 8.11. The molecule has 54 heavy (non-hydrogen) atoms. The van der Waals surface area contributed by atoms with Crippen molar-refractivity contribution in [1.29, 1.82) is 0 Å². The first kappa shape index (κ1) is 37.2. The van der Waals surface area contributed by atoms with E-state index in [4.69, 9.17) is 10.3 Å². The van der Waals surface area contributed by atoms with Crippen LogP contribution in [0.4, 0.5) is 5.69 Å². The zero-order valence-corrected chi connectivity index (χ0v) is 30.3. The summed E-state index contributed by atoms with van der Waals surface area (Å²) < 4.78 is 35.1. The van der Waals surface area contributed by atoms with E-state index in [9.17, 15) is 28.1 Å². The maximum Gasteiger partial charge on any atom is 0.270 e. The number of hydrogen-bond donors (Lipinski definition) is 2. The number of aryl methyl sites for hydroxylation is 2. The highest BCUT2D eigenvalue weighted by Gasteiger charge is 2.44. The molecule has 0 radical (unpaired) electrons. The molecule has 0 unspecified atom stereocenters. The number of hydrogen-bond acceptors (Lipinski definition) is 9. The quantitative estimate of drug-likeness (QED) is 0.115. The first-order valence-electron chi connectivity index (χ1n) is 16.8. The van der Waals surface area contributed by atoms with Crippen LogP contribution in [-0.2, 0) is 32.5 Å². The number of aromatic amines is 1. The average molecular weight is 749 g/mol. The fraction of sp³-hybridized carbons (Fsp3) is 0.179. The molecule has 6 aromatic rings. The van der Waals surface area contributed by atoms with Gasteiger partial charge in [0, 0.05) is 66.3 Å². The van der Waals surface area contributed by atoms with E-state index in [1.165, 1.54) is 13.2 Å². The second kappa shape index (κ2) is 15.2. The number of nitrogens with one attached hydrogen (secondary N) is 1. The molecule has 0 bridgehead atoms. The third-order valence-corrected chi connectivity index (χ3v) is 11.0. The summed E-state index contributed by atoms with van der Waals surface area (Å²) in [7, 11) is -3.68. The maximum atomic E-state index is 15.2. The van der Waals surface area contributed by atoms with Crippen LogP contribution >= 0.6 is 0 Å². The van der Waals surface area contributed by atoms with Crippen LogP contribution in [0.25, 0.3) is 22.2 Å². The molecule has 6 rings (SSSR count). The third-order valence-electron chi connectivity index (χ3n) is 9.15. The SMILES string of the molecule is Cc1cc(C)cc(C(=O)N(C)[C@@H](Cc2ccc(-c3ccno3)cc2)C(=O)N([C@@H](Cc2c[nH]c3ccccc23)C(N)=O)S(=O)(=O)c2cccc([N+](=O)[O-])c2)c1. The number of aromatic nitrogens is 2. The predicted octanol–water partition coefficient (Wildman–Crippen LogP) is 5.35. The van der Waals surface area contributed by atoms with Crippen LogP contribution in [0.3, 0.4) is 0 Å². The molecule has 3 N–H and O–H groups in total. The van der Waals surface area contributed by atoms with Crippen LogP contribution in [0.2, 0.25) is 0 Å². The lowest BCUT2D eigenvalue weighted by Gasteiger charge is -2.35. The molecular formula is C39H36N6O8S. The number of nitro groups is 1. The van der Waals surface area contributed by atoms with Gasteiger partial charge in [-0.05, 0) is 49.2 Å². The minimum absolute atomic E-state index is 0.192. The molecular weight excluding hydrogens is 713 g/mol. The van der Waals surface area contributed by atoms with Gasteiger partial charge >= 0.3 is 0 Å². The molecule has 0 spiro atoms. The summed E-state index contributed by atoms with van der Waals surface area (Å²) in [4.78, 5) is 57.3.